The summed E-state index contributed by atoms with van der Waals surface area (Å²) in [6.45, 7) is -0.346. The monoisotopic (exact) mass is 359 g/mol. The third-order valence-electron chi connectivity index (χ3n) is 2.72. The first kappa shape index (κ1) is 19.1. The zero-order chi connectivity index (χ0) is 19.3. The fraction of sp³-hybridized carbons (Fsp3) is 0.300. The van der Waals surface area contributed by atoms with E-state index >= 15 is 0 Å². The van der Waals surface area contributed by atoms with Crippen LogP contribution in [-0.4, -0.2) is 38.9 Å². The van der Waals surface area contributed by atoms with Crippen molar-refractivity contribution in [2.75, 3.05) is 18.2 Å². The number of nitro groups is 4. The standard InChI is InChI=1S/C10H9N5O10/c1-6(16)25-3-2-11(15(23)24)10-8(13(19)20)4-7(12(17)18)5-9(10)14(21)22/h4-5H,2-3H2,1H3. The first-order valence-electron chi connectivity index (χ1n) is 6.22. The number of carbonyl (C=O) groups is 1. The van der Waals surface area contributed by atoms with Crippen molar-refractivity contribution in [3.05, 3.63) is 52.6 Å². The molecule has 15 heteroatoms. The van der Waals surface area contributed by atoms with Crippen molar-refractivity contribution < 1.29 is 29.3 Å². The Morgan fingerprint density at radius 3 is 1.80 bits per heavy atom. The number of nitro benzene ring substituents is 3. The minimum absolute atomic E-state index is 0.0168. The van der Waals surface area contributed by atoms with Crippen molar-refractivity contribution >= 4 is 28.7 Å². The molecule has 1 rings (SSSR count). The van der Waals surface area contributed by atoms with E-state index in [-0.39, 0.29) is 5.01 Å². The van der Waals surface area contributed by atoms with Gasteiger partial charge < -0.3 is 4.74 Å². The Balaban J connectivity index is 3.58. The predicted octanol–water partition coefficient (Wildman–Crippen LogP) is 0.972. The molecule has 0 saturated carbocycles. The second-order valence-corrected chi connectivity index (χ2v) is 4.30. The van der Waals surface area contributed by atoms with Crippen molar-refractivity contribution in [2.45, 2.75) is 6.92 Å². The number of ether oxygens (including phenoxy) is 1. The lowest BCUT2D eigenvalue weighted by molar-refractivity contribution is -0.497. The molecule has 0 fully saturated rings. The Hall–Kier alpha value is -3.91. The largest absolute Gasteiger partial charge is 0.464 e. The van der Waals surface area contributed by atoms with Crippen LogP contribution in [-0.2, 0) is 9.53 Å². The van der Waals surface area contributed by atoms with Crippen molar-refractivity contribution in [3.8, 4) is 0 Å². The van der Waals surface area contributed by atoms with E-state index in [0.717, 1.165) is 6.92 Å². The van der Waals surface area contributed by atoms with Crippen LogP contribution < -0.4 is 5.01 Å². The summed E-state index contributed by atoms with van der Waals surface area (Å²) in [6, 6.07) is 0.731. The van der Waals surface area contributed by atoms with Gasteiger partial charge in [0.15, 0.2) is 5.03 Å². The predicted molar refractivity (Wildman–Crippen MR) is 77.4 cm³/mol. The molecule has 0 bridgehead atoms. The van der Waals surface area contributed by atoms with Crippen LogP contribution in [0.2, 0.25) is 0 Å². The van der Waals surface area contributed by atoms with Crippen molar-refractivity contribution in [1.82, 2.24) is 0 Å². The molecule has 25 heavy (non-hydrogen) atoms. The first-order chi connectivity index (χ1) is 11.6. The van der Waals surface area contributed by atoms with Crippen LogP contribution >= 0.6 is 0 Å². The van der Waals surface area contributed by atoms with Gasteiger partial charge in [0.25, 0.3) is 11.4 Å². The average Bonchev–Trinajstić information content (AvgIpc) is 2.49. The molecule has 0 aliphatic heterocycles. The van der Waals surface area contributed by atoms with E-state index in [4.69, 9.17) is 0 Å². The topological polar surface area (TPSA) is 202 Å². The van der Waals surface area contributed by atoms with E-state index in [2.05, 4.69) is 4.74 Å². The summed E-state index contributed by atoms with van der Waals surface area (Å²) in [4.78, 5) is 51.3. The van der Waals surface area contributed by atoms with Crippen LogP contribution in [0.25, 0.3) is 0 Å². The number of nitrogens with zero attached hydrogens (tertiary/aromatic N) is 5. The van der Waals surface area contributed by atoms with Crippen LogP contribution in [0.1, 0.15) is 6.92 Å². The lowest BCUT2D eigenvalue weighted by Crippen LogP contribution is -2.34. The molecular formula is C10H9N5O10. The number of hydrogen-bond donors (Lipinski definition) is 0. The SMILES string of the molecule is CC(=O)OCCN(c1c([N+](=O)[O-])cc([N+](=O)[O-])cc1[N+](=O)[O-])[N+](=O)[O-]. The third-order valence-corrected chi connectivity index (χ3v) is 2.72. The van der Waals surface area contributed by atoms with Crippen LogP contribution in [0.3, 0.4) is 0 Å². The fourth-order valence-corrected chi connectivity index (χ4v) is 1.79. The maximum absolute atomic E-state index is 11.2. The van der Waals surface area contributed by atoms with Gasteiger partial charge in [-0.25, -0.2) is 10.1 Å². The Kier molecular flexibility index (Phi) is 5.80. The highest BCUT2D eigenvalue weighted by molar-refractivity contribution is 5.77. The molecule has 0 heterocycles. The first-order valence-corrected chi connectivity index (χ1v) is 6.22. The molecule has 134 valence electrons. The van der Waals surface area contributed by atoms with Crippen molar-refractivity contribution in [2.24, 2.45) is 0 Å². The molecule has 15 nitrogen and oxygen atoms in total. The van der Waals surface area contributed by atoms with Gasteiger partial charge in [-0.15, -0.1) is 0 Å². The van der Waals surface area contributed by atoms with Gasteiger partial charge in [0.1, 0.15) is 13.2 Å². The molecule has 0 unspecified atom stereocenters. The van der Waals surface area contributed by atoms with E-state index in [9.17, 15) is 45.3 Å². The number of benzene rings is 1. The summed E-state index contributed by atoms with van der Waals surface area (Å²) in [6.07, 6.45) is 0. The van der Waals surface area contributed by atoms with Crippen LogP contribution in [0.5, 0.6) is 0 Å². The summed E-state index contributed by atoms with van der Waals surface area (Å²) < 4.78 is 4.47. The molecule has 0 atom stereocenters. The van der Waals surface area contributed by atoms with Gasteiger partial charge in [-0.3, -0.25) is 35.1 Å². The normalized spacial score (nSPS) is 9.96. The highest BCUT2D eigenvalue weighted by atomic mass is 16.7. The van der Waals surface area contributed by atoms with Crippen molar-refractivity contribution in [1.29, 1.82) is 0 Å². The Bertz CT molecular complexity index is 727. The number of hydrogen-bond acceptors (Lipinski definition) is 10. The molecule has 0 spiro atoms. The third kappa shape index (κ3) is 4.53. The molecular weight excluding hydrogens is 350 g/mol. The number of carbonyl (C=O) groups excluding carboxylic acids is 1. The van der Waals surface area contributed by atoms with Gasteiger partial charge >= 0.3 is 17.3 Å². The summed E-state index contributed by atoms with van der Waals surface area (Å²) >= 11 is 0. The molecule has 1 aromatic carbocycles. The summed E-state index contributed by atoms with van der Waals surface area (Å²) in [5.74, 6) is -0.795. The Labute approximate surface area is 137 Å². The number of rotatable bonds is 8. The summed E-state index contributed by atoms with van der Waals surface area (Å²) in [7, 11) is 0. The van der Waals surface area contributed by atoms with Gasteiger partial charge in [0, 0.05) is 6.92 Å². The second-order valence-electron chi connectivity index (χ2n) is 4.30. The Morgan fingerprint density at radius 1 is 1.00 bits per heavy atom. The maximum atomic E-state index is 11.2. The Morgan fingerprint density at radius 2 is 1.48 bits per heavy atom. The van der Waals surface area contributed by atoms with Gasteiger partial charge in [-0.05, 0) is 0 Å². The zero-order valence-electron chi connectivity index (χ0n) is 12.4. The molecule has 1 aromatic rings. The zero-order valence-corrected chi connectivity index (χ0v) is 12.4. The highest BCUT2D eigenvalue weighted by Crippen LogP contribution is 2.40. The number of hydrazine groups is 1. The van der Waals surface area contributed by atoms with E-state index < -0.39 is 61.7 Å². The van der Waals surface area contributed by atoms with Crippen LogP contribution in [0.15, 0.2) is 12.1 Å². The van der Waals surface area contributed by atoms with Gasteiger partial charge in [0.05, 0.1) is 26.9 Å². The van der Waals surface area contributed by atoms with E-state index in [1.807, 2.05) is 0 Å². The quantitative estimate of drug-likeness (QED) is 0.363. The molecule has 0 saturated heterocycles. The minimum atomic E-state index is -1.22. The molecule has 0 radical (unpaired) electrons. The van der Waals surface area contributed by atoms with E-state index in [1.165, 1.54) is 0 Å². The van der Waals surface area contributed by atoms with Gasteiger partial charge in [0.2, 0.25) is 0 Å². The lowest BCUT2D eigenvalue weighted by Gasteiger charge is -2.14. The molecule has 0 aromatic heterocycles. The summed E-state index contributed by atoms with van der Waals surface area (Å²) in [5.41, 5.74) is -4.47. The minimum Gasteiger partial charge on any atom is -0.464 e. The number of non-ortho nitro benzene ring substituents is 1. The van der Waals surface area contributed by atoms with Gasteiger partial charge in [-0.1, -0.05) is 5.01 Å². The van der Waals surface area contributed by atoms with Gasteiger partial charge in [-0.2, -0.15) is 0 Å². The lowest BCUT2D eigenvalue weighted by atomic mass is 10.2. The molecule has 0 N–H and O–H groups in total. The number of esters is 1. The highest BCUT2D eigenvalue weighted by Gasteiger charge is 2.39. The number of anilines is 1. The van der Waals surface area contributed by atoms with E-state index in [1.54, 1.807) is 0 Å². The smallest absolute Gasteiger partial charge is 0.312 e. The van der Waals surface area contributed by atoms with Crippen molar-refractivity contribution in [3.63, 3.8) is 0 Å². The van der Waals surface area contributed by atoms with Crippen LogP contribution in [0, 0.1) is 40.5 Å². The average molecular weight is 359 g/mol. The molecule has 0 aliphatic carbocycles. The molecule has 0 amide bonds. The summed E-state index contributed by atoms with van der Waals surface area (Å²) in [5, 5.41) is 43.0. The second kappa shape index (κ2) is 7.57. The van der Waals surface area contributed by atoms with Crippen LogP contribution in [0.4, 0.5) is 22.7 Å². The van der Waals surface area contributed by atoms with E-state index in [0.29, 0.717) is 12.1 Å². The molecule has 0 aliphatic rings. The fourth-order valence-electron chi connectivity index (χ4n) is 1.79. The maximum Gasteiger partial charge on any atom is 0.312 e.